The van der Waals surface area contributed by atoms with Crippen LogP contribution in [0.1, 0.15) is 45.4 Å². The van der Waals surface area contributed by atoms with Gasteiger partial charge in [-0.3, -0.25) is 0 Å². The van der Waals surface area contributed by atoms with Gasteiger partial charge in [0.1, 0.15) is 16.0 Å². The number of hydrogen-bond donors (Lipinski definition) is 0. The lowest BCUT2D eigenvalue weighted by Crippen LogP contribution is -2.41. The molecular weight excluding hydrogens is 322 g/mol. The van der Waals surface area contributed by atoms with Crippen molar-refractivity contribution in [1.82, 2.24) is 14.5 Å². The molecule has 1 aliphatic heterocycles. The number of halogens is 1. The molecule has 0 N–H and O–H groups in total. The van der Waals surface area contributed by atoms with Gasteiger partial charge in [-0.15, -0.1) is 0 Å². The number of aromatic nitrogens is 2. The van der Waals surface area contributed by atoms with Gasteiger partial charge in [0.25, 0.3) is 0 Å². The summed E-state index contributed by atoms with van der Waals surface area (Å²) >= 11 is 3.47. The van der Waals surface area contributed by atoms with E-state index in [1.54, 1.807) is 4.90 Å². The standard InChI is InChI=1S/C14H22BrN3O2/c1-14(2,3)20-13(19)18-7-5-10(6-8-18)12-16-9-11(15)17(12)4/h9-10H,5-8H2,1-4H3. The highest BCUT2D eigenvalue weighted by atomic mass is 79.9. The van der Waals surface area contributed by atoms with Gasteiger partial charge in [0, 0.05) is 26.1 Å². The molecule has 0 radical (unpaired) electrons. The van der Waals surface area contributed by atoms with E-state index in [0.717, 1.165) is 36.4 Å². The van der Waals surface area contributed by atoms with E-state index < -0.39 is 5.60 Å². The van der Waals surface area contributed by atoms with Crippen LogP contribution >= 0.6 is 15.9 Å². The Morgan fingerprint density at radius 3 is 2.45 bits per heavy atom. The highest BCUT2D eigenvalue weighted by Gasteiger charge is 2.29. The second-order valence-corrected chi connectivity index (χ2v) is 7.05. The van der Waals surface area contributed by atoms with Crippen LogP contribution in [0, 0.1) is 0 Å². The van der Waals surface area contributed by atoms with Crippen LogP contribution in [0.2, 0.25) is 0 Å². The molecular formula is C14H22BrN3O2. The first kappa shape index (κ1) is 15.4. The van der Waals surface area contributed by atoms with Crippen LogP contribution < -0.4 is 0 Å². The van der Waals surface area contributed by atoms with E-state index in [-0.39, 0.29) is 6.09 Å². The zero-order chi connectivity index (χ0) is 14.9. The maximum atomic E-state index is 12.0. The van der Waals surface area contributed by atoms with Crippen LogP contribution in [-0.4, -0.2) is 39.2 Å². The zero-order valence-electron chi connectivity index (χ0n) is 12.5. The van der Waals surface area contributed by atoms with Crippen LogP contribution in [0.3, 0.4) is 0 Å². The maximum absolute atomic E-state index is 12.0. The molecule has 6 heteroatoms. The summed E-state index contributed by atoms with van der Waals surface area (Å²) in [6, 6.07) is 0. The number of piperidine rings is 1. The van der Waals surface area contributed by atoms with Gasteiger partial charge in [-0.1, -0.05) is 0 Å². The van der Waals surface area contributed by atoms with Gasteiger partial charge in [0.15, 0.2) is 0 Å². The Balaban J connectivity index is 1.93. The topological polar surface area (TPSA) is 47.4 Å². The Morgan fingerprint density at radius 1 is 1.40 bits per heavy atom. The molecule has 0 bridgehead atoms. The average Bonchev–Trinajstić information content (AvgIpc) is 2.68. The van der Waals surface area contributed by atoms with Crippen molar-refractivity contribution in [3.8, 4) is 0 Å². The molecule has 1 saturated heterocycles. The lowest BCUT2D eigenvalue weighted by molar-refractivity contribution is 0.0202. The normalized spacial score (nSPS) is 17.4. The molecule has 5 nitrogen and oxygen atoms in total. The van der Waals surface area contributed by atoms with E-state index in [4.69, 9.17) is 4.74 Å². The summed E-state index contributed by atoms with van der Waals surface area (Å²) in [5.41, 5.74) is -0.432. The fourth-order valence-electron chi connectivity index (χ4n) is 2.43. The SMILES string of the molecule is Cn1c(Br)cnc1C1CCN(C(=O)OC(C)(C)C)CC1. The molecule has 1 fully saturated rings. The molecule has 0 saturated carbocycles. The Morgan fingerprint density at radius 2 is 2.00 bits per heavy atom. The van der Waals surface area contributed by atoms with Gasteiger partial charge < -0.3 is 14.2 Å². The molecule has 1 aromatic rings. The lowest BCUT2D eigenvalue weighted by Gasteiger charge is -2.33. The van der Waals surface area contributed by atoms with E-state index in [0.29, 0.717) is 5.92 Å². The fourth-order valence-corrected chi connectivity index (χ4v) is 2.71. The van der Waals surface area contributed by atoms with Crippen molar-refractivity contribution < 1.29 is 9.53 Å². The minimum atomic E-state index is -0.432. The summed E-state index contributed by atoms with van der Waals surface area (Å²) < 4.78 is 8.46. The number of carbonyl (C=O) groups is 1. The first-order valence-electron chi connectivity index (χ1n) is 6.93. The van der Waals surface area contributed by atoms with Gasteiger partial charge in [0.05, 0.1) is 6.20 Å². The van der Waals surface area contributed by atoms with Gasteiger partial charge in [-0.05, 0) is 49.5 Å². The Kier molecular flexibility index (Phi) is 4.42. The minimum absolute atomic E-state index is 0.211. The van der Waals surface area contributed by atoms with Crippen LogP contribution in [0.25, 0.3) is 0 Å². The summed E-state index contributed by atoms with van der Waals surface area (Å²) in [6.07, 6.45) is 3.47. The van der Waals surface area contributed by atoms with Crippen molar-refractivity contribution in [2.24, 2.45) is 7.05 Å². The summed E-state index contributed by atoms with van der Waals surface area (Å²) in [5.74, 6) is 1.49. The lowest BCUT2D eigenvalue weighted by atomic mass is 9.96. The average molecular weight is 344 g/mol. The molecule has 1 aromatic heterocycles. The Labute approximate surface area is 128 Å². The molecule has 112 valence electrons. The smallest absolute Gasteiger partial charge is 0.410 e. The van der Waals surface area contributed by atoms with Crippen molar-refractivity contribution >= 4 is 22.0 Å². The number of hydrogen-bond acceptors (Lipinski definition) is 3. The highest BCUT2D eigenvalue weighted by molar-refractivity contribution is 9.10. The zero-order valence-corrected chi connectivity index (χ0v) is 14.1. The van der Waals surface area contributed by atoms with Crippen molar-refractivity contribution in [3.63, 3.8) is 0 Å². The molecule has 1 amide bonds. The van der Waals surface area contributed by atoms with E-state index in [1.807, 2.05) is 34.0 Å². The van der Waals surface area contributed by atoms with Crippen LogP contribution in [0.5, 0.6) is 0 Å². The third kappa shape index (κ3) is 3.53. The van der Waals surface area contributed by atoms with Gasteiger partial charge in [0.2, 0.25) is 0 Å². The molecule has 1 aliphatic rings. The van der Waals surface area contributed by atoms with Gasteiger partial charge >= 0.3 is 6.09 Å². The first-order chi connectivity index (χ1) is 9.28. The molecule has 2 rings (SSSR count). The van der Waals surface area contributed by atoms with E-state index in [1.165, 1.54) is 0 Å². The van der Waals surface area contributed by atoms with Crippen molar-refractivity contribution in [3.05, 3.63) is 16.6 Å². The molecule has 0 atom stereocenters. The summed E-state index contributed by atoms with van der Waals surface area (Å²) in [4.78, 5) is 18.2. The predicted molar refractivity (Wildman–Crippen MR) is 80.7 cm³/mol. The van der Waals surface area contributed by atoms with Gasteiger partial charge in [-0.25, -0.2) is 9.78 Å². The molecule has 20 heavy (non-hydrogen) atoms. The largest absolute Gasteiger partial charge is 0.444 e. The second kappa shape index (κ2) is 5.76. The number of imidazole rings is 1. The number of nitrogens with zero attached hydrogens (tertiary/aromatic N) is 3. The third-order valence-corrected chi connectivity index (χ3v) is 4.22. The Bertz CT molecular complexity index is 485. The monoisotopic (exact) mass is 343 g/mol. The predicted octanol–water partition coefficient (Wildman–Crippen LogP) is 3.30. The maximum Gasteiger partial charge on any atom is 0.410 e. The van der Waals surface area contributed by atoms with Crippen LogP contribution in [0.4, 0.5) is 4.79 Å². The van der Waals surface area contributed by atoms with Crippen molar-refractivity contribution in [2.75, 3.05) is 13.1 Å². The first-order valence-corrected chi connectivity index (χ1v) is 7.72. The minimum Gasteiger partial charge on any atom is -0.444 e. The number of carbonyl (C=O) groups excluding carboxylic acids is 1. The van der Waals surface area contributed by atoms with E-state index in [9.17, 15) is 4.79 Å². The number of amides is 1. The van der Waals surface area contributed by atoms with Gasteiger partial charge in [-0.2, -0.15) is 0 Å². The summed E-state index contributed by atoms with van der Waals surface area (Å²) in [7, 11) is 2.01. The van der Waals surface area contributed by atoms with Crippen LogP contribution in [0.15, 0.2) is 10.8 Å². The molecule has 0 aliphatic carbocycles. The number of rotatable bonds is 1. The fraction of sp³-hybridized carbons (Fsp3) is 0.714. The molecule has 2 heterocycles. The molecule has 0 spiro atoms. The van der Waals surface area contributed by atoms with Crippen molar-refractivity contribution in [2.45, 2.75) is 45.1 Å². The van der Waals surface area contributed by atoms with E-state index in [2.05, 4.69) is 25.5 Å². The summed E-state index contributed by atoms with van der Waals surface area (Å²) in [6.45, 7) is 7.13. The van der Waals surface area contributed by atoms with Crippen molar-refractivity contribution in [1.29, 1.82) is 0 Å². The quantitative estimate of drug-likeness (QED) is 0.785. The third-order valence-electron chi connectivity index (χ3n) is 3.48. The Hall–Kier alpha value is -1.04. The number of ether oxygens (including phenoxy) is 1. The van der Waals surface area contributed by atoms with Crippen LogP contribution in [-0.2, 0) is 11.8 Å². The second-order valence-electron chi connectivity index (χ2n) is 6.24. The highest BCUT2D eigenvalue weighted by Crippen LogP contribution is 2.29. The number of likely N-dealkylation sites (tertiary alicyclic amines) is 1. The molecule has 0 aromatic carbocycles. The summed E-state index contributed by atoms with van der Waals surface area (Å²) in [5, 5.41) is 0. The van der Waals surface area contributed by atoms with E-state index >= 15 is 0 Å². The molecule has 0 unspecified atom stereocenters.